The van der Waals surface area contributed by atoms with Gasteiger partial charge in [-0.2, -0.15) is 16.7 Å². The molecule has 0 unspecified atom stereocenters. The minimum Gasteiger partial charge on any atom is -0.383 e. The largest absolute Gasteiger partial charge is 0.383 e. The number of rotatable bonds is 6. The summed E-state index contributed by atoms with van der Waals surface area (Å²) in [5, 5.41) is 0. The highest BCUT2D eigenvalue weighted by Crippen LogP contribution is 2.30. The van der Waals surface area contributed by atoms with Crippen molar-refractivity contribution in [2.24, 2.45) is 0 Å². The maximum Gasteiger partial charge on any atom is 0.310 e. The summed E-state index contributed by atoms with van der Waals surface area (Å²) in [6, 6.07) is 6.01. The number of ether oxygens (including phenoxy) is 1. The Bertz CT molecular complexity index is 1410. The van der Waals surface area contributed by atoms with Crippen LogP contribution in [-0.4, -0.2) is 68.4 Å². The minimum absolute atomic E-state index is 0.135. The zero-order valence-electron chi connectivity index (χ0n) is 18.1. The van der Waals surface area contributed by atoms with E-state index in [9.17, 15) is 16.8 Å². The highest BCUT2D eigenvalue weighted by molar-refractivity contribution is 7.89. The molecule has 2 aromatic heterocycles. The molecule has 0 bridgehead atoms. The quantitative estimate of drug-likeness (QED) is 0.436. The third kappa shape index (κ3) is 4.39. The number of nitrogens with zero attached hydrogens (tertiary/aromatic N) is 4. The van der Waals surface area contributed by atoms with Gasteiger partial charge in [0.25, 0.3) is 0 Å². The summed E-state index contributed by atoms with van der Waals surface area (Å²) in [6.07, 6.45) is 2.55. The molecule has 3 heterocycles. The van der Waals surface area contributed by atoms with Crippen LogP contribution < -0.4 is 16.2 Å². The smallest absolute Gasteiger partial charge is 0.310 e. The van der Waals surface area contributed by atoms with Gasteiger partial charge in [-0.05, 0) is 36.6 Å². The van der Waals surface area contributed by atoms with E-state index in [1.807, 2.05) is 0 Å². The molecule has 0 radical (unpaired) electrons. The van der Waals surface area contributed by atoms with Gasteiger partial charge in [-0.1, -0.05) is 6.07 Å². The lowest BCUT2D eigenvalue weighted by atomic mass is 10.1. The van der Waals surface area contributed by atoms with E-state index in [-0.39, 0.29) is 28.2 Å². The molecule has 33 heavy (non-hydrogen) atoms. The van der Waals surface area contributed by atoms with E-state index in [4.69, 9.17) is 16.2 Å². The molecule has 5 N–H and O–H groups in total. The van der Waals surface area contributed by atoms with Crippen LogP contribution >= 0.6 is 0 Å². The number of nitrogens with one attached hydrogen (secondary N) is 1. The second-order valence-corrected chi connectivity index (χ2v) is 11.5. The third-order valence-corrected chi connectivity index (χ3v) is 8.69. The average Bonchev–Trinajstić information content (AvgIpc) is 3.09. The van der Waals surface area contributed by atoms with Crippen LogP contribution in [0.25, 0.3) is 22.2 Å². The van der Waals surface area contributed by atoms with Crippen LogP contribution in [-0.2, 0) is 25.0 Å². The number of fused-ring (bicyclic) bond motifs is 1. The van der Waals surface area contributed by atoms with Crippen molar-refractivity contribution < 1.29 is 21.6 Å². The van der Waals surface area contributed by atoms with Gasteiger partial charge in [-0.3, -0.25) is 0 Å². The Labute approximate surface area is 191 Å². The molecule has 1 fully saturated rings. The first-order valence-electron chi connectivity index (χ1n) is 10.1. The summed E-state index contributed by atoms with van der Waals surface area (Å²) < 4.78 is 61.4. The van der Waals surface area contributed by atoms with Crippen molar-refractivity contribution in [1.29, 1.82) is 0 Å². The summed E-state index contributed by atoms with van der Waals surface area (Å²) in [6.45, 7) is 0.960. The van der Waals surface area contributed by atoms with Gasteiger partial charge in [-0.25, -0.2) is 23.1 Å². The first-order chi connectivity index (χ1) is 15.5. The van der Waals surface area contributed by atoms with Crippen LogP contribution in [0.4, 0.5) is 11.8 Å². The van der Waals surface area contributed by atoms with E-state index < -0.39 is 20.2 Å². The predicted octanol–water partition coefficient (Wildman–Crippen LogP) is 0.375. The number of pyridine rings is 1. The number of sulfonamides is 1. The van der Waals surface area contributed by atoms with E-state index in [1.165, 1.54) is 26.4 Å². The molecular weight excluding hydrogens is 470 g/mol. The molecule has 12 nitrogen and oxygen atoms in total. The Morgan fingerprint density at radius 3 is 2.45 bits per heavy atom. The predicted molar refractivity (Wildman–Crippen MR) is 124 cm³/mol. The molecule has 1 aliphatic rings. The van der Waals surface area contributed by atoms with Crippen molar-refractivity contribution in [2.45, 2.75) is 23.8 Å². The van der Waals surface area contributed by atoms with Crippen LogP contribution in [0.15, 0.2) is 35.4 Å². The van der Waals surface area contributed by atoms with Gasteiger partial charge in [-0.15, -0.1) is 0 Å². The van der Waals surface area contributed by atoms with Gasteiger partial charge in [0.05, 0.1) is 11.0 Å². The van der Waals surface area contributed by atoms with E-state index >= 15 is 0 Å². The molecular formula is C19H25N7O5S2. The Balaban J connectivity index is 1.78. The third-order valence-electron chi connectivity index (χ3n) is 5.38. The number of nitrogens with two attached hydrogens (primary N) is 2. The average molecular weight is 496 g/mol. The second-order valence-electron chi connectivity index (χ2n) is 7.84. The molecule has 0 aliphatic carbocycles. The maximum absolute atomic E-state index is 13.0. The van der Waals surface area contributed by atoms with Crippen LogP contribution in [0.3, 0.4) is 0 Å². The number of benzene rings is 1. The van der Waals surface area contributed by atoms with Crippen molar-refractivity contribution in [1.82, 2.24) is 23.0 Å². The minimum atomic E-state index is -3.94. The fourth-order valence-corrected chi connectivity index (χ4v) is 6.00. The first-order valence-corrected chi connectivity index (χ1v) is 13.0. The Morgan fingerprint density at radius 1 is 1.09 bits per heavy atom. The second kappa shape index (κ2) is 8.53. The fraction of sp³-hybridized carbons (Fsp3) is 0.368. The van der Waals surface area contributed by atoms with E-state index in [0.717, 1.165) is 8.28 Å². The highest BCUT2D eigenvalue weighted by atomic mass is 32.2. The Kier molecular flexibility index (Phi) is 6.05. The molecule has 0 saturated carbocycles. The summed E-state index contributed by atoms with van der Waals surface area (Å²) >= 11 is 0. The SMILES string of the molecule is CN(C)S(=O)(=O)n1c(N)nc2ccc(-c3cnc(N)c(S(=O)(=O)NC4CCOCC4)c3)cc21. The molecule has 1 aromatic carbocycles. The van der Waals surface area contributed by atoms with Gasteiger partial charge in [0.2, 0.25) is 16.0 Å². The number of hydrogen-bond donors (Lipinski definition) is 3. The van der Waals surface area contributed by atoms with Crippen LogP contribution in [0.5, 0.6) is 0 Å². The lowest BCUT2D eigenvalue weighted by Crippen LogP contribution is -2.39. The van der Waals surface area contributed by atoms with Gasteiger partial charge in [0, 0.05) is 45.1 Å². The Morgan fingerprint density at radius 2 is 1.79 bits per heavy atom. The lowest BCUT2D eigenvalue weighted by molar-refractivity contribution is 0.0832. The van der Waals surface area contributed by atoms with Gasteiger partial charge in [0.1, 0.15) is 10.7 Å². The molecule has 3 aromatic rings. The van der Waals surface area contributed by atoms with Crippen LogP contribution in [0.2, 0.25) is 0 Å². The molecule has 0 amide bonds. The lowest BCUT2D eigenvalue weighted by Gasteiger charge is -2.23. The number of anilines is 2. The van der Waals surface area contributed by atoms with E-state index in [2.05, 4.69) is 14.7 Å². The van der Waals surface area contributed by atoms with Crippen molar-refractivity contribution in [3.8, 4) is 11.1 Å². The summed E-state index contributed by atoms with van der Waals surface area (Å²) in [5.74, 6) is -0.320. The monoisotopic (exact) mass is 495 g/mol. The normalized spacial score (nSPS) is 16.0. The number of imidazole rings is 1. The molecule has 4 rings (SSSR count). The van der Waals surface area contributed by atoms with E-state index in [1.54, 1.807) is 18.2 Å². The number of nitrogen functional groups attached to an aromatic ring is 2. The van der Waals surface area contributed by atoms with Crippen molar-refractivity contribution in [3.05, 3.63) is 30.5 Å². The molecule has 1 aliphatic heterocycles. The standard InChI is InChI=1S/C19H25N7O5S2/c1-25(2)33(29,30)26-16-9-12(3-4-15(16)23-19(26)21)13-10-17(18(20)22-11-13)32(27,28)24-14-5-7-31-8-6-14/h3-4,9-11,14,24H,5-8H2,1-2H3,(H2,20,22)(H2,21,23). The fourth-order valence-electron chi connectivity index (χ4n) is 3.58. The molecule has 178 valence electrons. The summed E-state index contributed by atoms with van der Waals surface area (Å²) in [4.78, 5) is 8.02. The zero-order chi connectivity index (χ0) is 24.0. The van der Waals surface area contributed by atoms with Crippen LogP contribution in [0.1, 0.15) is 12.8 Å². The molecule has 1 saturated heterocycles. The maximum atomic E-state index is 13.0. The van der Waals surface area contributed by atoms with Crippen molar-refractivity contribution in [2.75, 3.05) is 38.8 Å². The molecule has 0 atom stereocenters. The first kappa shape index (κ1) is 23.4. The molecule has 0 spiro atoms. The van der Waals surface area contributed by atoms with Gasteiger partial charge >= 0.3 is 10.2 Å². The van der Waals surface area contributed by atoms with E-state index in [0.29, 0.717) is 42.7 Å². The number of aromatic nitrogens is 3. The zero-order valence-corrected chi connectivity index (χ0v) is 19.7. The summed E-state index contributed by atoms with van der Waals surface area (Å²) in [5.41, 5.74) is 13.4. The Hall–Kier alpha value is -2.78. The van der Waals surface area contributed by atoms with Crippen molar-refractivity contribution in [3.63, 3.8) is 0 Å². The molecule has 14 heteroatoms. The van der Waals surface area contributed by atoms with Gasteiger partial charge < -0.3 is 16.2 Å². The van der Waals surface area contributed by atoms with Crippen molar-refractivity contribution >= 4 is 43.0 Å². The summed E-state index contributed by atoms with van der Waals surface area (Å²) in [7, 11) is -5.10. The van der Waals surface area contributed by atoms with Gasteiger partial charge in [0.15, 0.2) is 0 Å². The number of hydrogen-bond acceptors (Lipinski definition) is 9. The highest BCUT2D eigenvalue weighted by Gasteiger charge is 2.26. The topological polar surface area (TPSA) is 176 Å². The van der Waals surface area contributed by atoms with Crippen LogP contribution in [0, 0.1) is 0 Å².